The lowest BCUT2D eigenvalue weighted by Crippen LogP contribution is -2.18. The van der Waals surface area contributed by atoms with Gasteiger partial charge in [-0.3, -0.25) is 9.59 Å². The number of esters is 1. The molecule has 0 aromatic carbocycles. The van der Waals surface area contributed by atoms with E-state index in [2.05, 4.69) is 38.2 Å². The highest BCUT2D eigenvalue weighted by Crippen LogP contribution is 2.18. The highest BCUT2D eigenvalue weighted by atomic mass is 16.5. The molecular formula is C40H74O4. The quantitative estimate of drug-likeness (QED) is 0.0436. The molecule has 1 N–H and O–H groups in total. The van der Waals surface area contributed by atoms with Crippen LogP contribution in [0.5, 0.6) is 0 Å². The van der Waals surface area contributed by atoms with Crippen LogP contribution >= 0.6 is 0 Å². The average Bonchev–Trinajstić information content (AvgIpc) is 3.01. The van der Waals surface area contributed by atoms with Crippen molar-refractivity contribution < 1.29 is 19.4 Å². The van der Waals surface area contributed by atoms with Crippen LogP contribution in [0.25, 0.3) is 0 Å². The van der Waals surface area contributed by atoms with Crippen LogP contribution in [0.15, 0.2) is 24.3 Å². The Morgan fingerprint density at radius 2 is 0.886 bits per heavy atom. The molecule has 0 rings (SSSR count). The Bertz CT molecular complexity index is 668. The van der Waals surface area contributed by atoms with Gasteiger partial charge in [0.15, 0.2) is 0 Å². The SMILES string of the molecule is CCCCC/C=C\C/C=C\CCCCCCCC(=O)OC(CCCCCCCCCCCCCCCC)CCCCC(=O)O. The van der Waals surface area contributed by atoms with E-state index in [-0.39, 0.29) is 18.5 Å². The van der Waals surface area contributed by atoms with E-state index >= 15 is 0 Å². The van der Waals surface area contributed by atoms with Crippen LogP contribution in [0.3, 0.4) is 0 Å². The van der Waals surface area contributed by atoms with Crippen LogP contribution < -0.4 is 0 Å². The van der Waals surface area contributed by atoms with Gasteiger partial charge in [-0.2, -0.15) is 0 Å². The van der Waals surface area contributed by atoms with E-state index in [4.69, 9.17) is 9.84 Å². The molecule has 1 unspecified atom stereocenters. The van der Waals surface area contributed by atoms with Gasteiger partial charge in [0.1, 0.15) is 6.10 Å². The number of hydrogen-bond donors (Lipinski definition) is 1. The molecule has 0 amide bonds. The molecule has 4 nitrogen and oxygen atoms in total. The number of carboxylic acids is 1. The highest BCUT2D eigenvalue weighted by Gasteiger charge is 2.14. The second-order valence-electron chi connectivity index (χ2n) is 13.1. The third-order valence-corrected chi connectivity index (χ3v) is 8.68. The molecule has 0 fully saturated rings. The maximum atomic E-state index is 12.5. The Hall–Kier alpha value is -1.58. The number of allylic oxidation sites excluding steroid dienone is 4. The van der Waals surface area contributed by atoms with Crippen LogP contribution in [0.2, 0.25) is 0 Å². The van der Waals surface area contributed by atoms with Gasteiger partial charge in [0.2, 0.25) is 0 Å². The Morgan fingerprint density at radius 3 is 1.41 bits per heavy atom. The van der Waals surface area contributed by atoms with E-state index in [9.17, 15) is 9.59 Å². The van der Waals surface area contributed by atoms with Gasteiger partial charge < -0.3 is 9.84 Å². The zero-order chi connectivity index (χ0) is 32.2. The normalized spacial score (nSPS) is 12.4. The van der Waals surface area contributed by atoms with E-state index in [1.54, 1.807) is 0 Å². The van der Waals surface area contributed by atoms with Gasteiger partial charge in [0.05, 0.1) is 0 Å². The van der Waals surface area contributed by atoms with Crippen LogP contribution in [-0.2, 0) is 14.3 Å². The van der Waals surface area contributed by atoms with Crippen molar-refractivity contribution in [3.8, 4) is 0 Å². The maximum absolute atomic E-state index is 12.5. The summed E-state index contributed by atoms with van der Waals surface area (Å²) >= 11 is 0. The van der Waals surface area contributed by atoms with Crippen molar-refractivity contribution in [1.82, 2.24) is 0 Å². The summed E-state index contributed by atoms with van der Waals surface area (Å²) in [5, 5.41) is 8.94. The summed E-state index contributed by atoms with van der Waals surface area (Å²) < 4.78 is 5.89. The summed E-state index contributed by atoms with van der Waals surface area (Å²) in [4.78, 5) is 23.4. The Kier molecular flexibility index (Phi) is 34.6. The fourth-order valence-corrected chi connectivity index (χ4v) is 5.80. The predicted molar refractivity (Wildman–Crippen MR) is 190 cm³/mol. The monoisotopic (exact) mass is 619 g/mol. The van der Waals surface area contributed by atoms with Gasteiger partial charge in [-0.1, -0.05) is 154 Å². The molecule has 0 aliphatic carbocycles. The molecule has 0 aromatic heterocycles. The van der Waals surface area contributed by atoms with Gasteiger partial charge >= 0.3 is 11.9 Å². The van der Waals surface area contributed by atoms with Crippen molar-refractivity contribution in [3.05, 3.63) is 24.3 Å². The van der Waals surface area contributed by atoms with Crippen LogP contribution in [0.1, 0.15) is 213 Å². The van der Waals surface area contributed by atoms with Crippen molar-refractivity contribution >= 4 is 11.9 Å². The number of ether oxygens (including phenoxy) is 1. The number of carbonyl (C=O) groups excluding carboxylic acids is 1. The number of hydrogen-bond acceptors (Lipinski definition) is 3. The molecule has 0 heterocycles. The van der Waals surface area contributed by atoms with Crippen molar-refractivity contribution in [3.63, 3.8) is 0 Å². The van der Waals surface area contributed by atoms with E-state index in [0.29, 0.717) is 12.8 Å². The number of carboxylic acid groups (broad SMARTS) is 1. The Morgan fingerprint density at radius 1 is 0.500 bits per heavy atom. The average molecular weight is 619 g/mol. The van der Waals surface area contributed by atoms with Gasteiger partial charge in [-0.25, -0.2) is 0 Å². The van der Waals surface area contributed by atoms with Crippen LogP contribution in [0.4, 0.5) is 0 Å². The molecule has 1 atom stereocenters. The maximum Gasteiger partial charge on any atom is 0.306 e. The lowest BCUT2D eigenvalue weighted by molar-refractivity contribution is -0.150. The smallest absolute Gasteiger partial charge is 0.306 e. The first kappa shape index (κ1) is 42.4. The number of aliphatic carboxylic acids is 1. The fraction of sp³-hybridized carbons (Fsp3) is 0.850. The molecule has 0 saturated heterocycles. The molecule has 0 aromatic rings. The van der Waals surface area contributed by atoms with Crippen molar-refractivity contribution in [2.75, 3.05) is 0 Å². The highest BCUT2D eigenvalue weighted by molar-refractivity contribution is 5.69. The van der Waals surface area contributed by atoms with Gasteiger partial charge in [0.25, 0.3) is 0 Å². The first-order valence-corrected chi connectivity index (χ1v) is 19.3. The van der Waals surface area contributed by atoms with E-state index in [0.717, 1.165) is 51.4 Å². The summed E-state index contributed by atoms with van der Waals surface area (Å²) in [6, 6.07) is 0. The first-order chi connectivity index (χ1) is 21.6. The summed E-state index contributed by atoms with van der Waals surface area (Å²) in [6.07, 6.45) is 44.7. The van der Waals surface area contributed by atoms with Gasteiger partial charge in [-0.15, -0.1) is 0 Å². The minimum Gasteiger partial charge on any atom is -0.481 e. The second kappa shape index (κ2) is 35.9. The van der Waals surface area contributed by atoms with E-state index in [1.807, 2.05) is 0 Å². The van der Waals surface area contributed by atoms with Crippen molar-refractivity contribution in [2.24, 2.45) is 0 Å². The summed E-state index contributed by atoms with van der Waals surface area (Å²) in [7, 11) is 0. The molecule has 0 bridgehead atoms. The van der Waals surface area contributed by atoms with E-state index in [1.165, 1.54) is 128 Å². The molecule has 0 aliphatic rings. The third-order valence-electron chi connectivity index (χ3n) is 8.68. The largest absolute Gasteiger partial charge is 0.481 e. The number of unbranched alkanes of at least 4 members (excludes halogenated alkanes) is 22. The molecule has 258 valence electrons. The fourth-order valence-electron chi connectivity index (χ4n) is 5.80. The zero-order valence-corrected chi connectivity index (χ0v) is 29.5. The van der Waals surface area contributed by atoms with Crippen molar-refractivity contribution in [2.45, 2.75) is 219 Å². The van der Waals surface area contributed by atoms with Crippen molar-refractivity contribution in [1.29, 1.82) is 0 Å². The lowest BCUT2D eigenvalue weighted by Gasteiger charge is -2.18. The molecular weight excluding hydrogens is 544 g/mol. The van der Waals surface area contributed by atoms with E-state index < -0.39 is 5.97 Å². The minimum atomic E-state index is -0.744. The molecule has 0 saturated carbocycles. The standard InChI is InChI=1S/C40H74O4/c1-3-5-7-9-11-13-15-17-19-21-23-25-27-29-31-37-40(43)44-38(35-32-33-36-39(41)42)34-30-28-26-24-22-20-18-16-14-12-10-8-6-4-2/h11,13,17,19,38H,3-10,12,14-16,18,20-37H2,1-2H3,(H,41,42)/b13-11-,19-17-. The molecule has 0 spiro atoms. The first-order valence-electron chi connectivity index (χ1n) is 19.3. The molecule has 44 heavy (non-hydrogen) atoms. The molecule has 0 aliphatic heterocycles. The molecule has 0 radical (unpaired) electrons. The van der Waals surface area contributed by atoms with Gasteiger partial charge in [0, 0.05) is 12.8 Å². The third kappa shape index (κ3) is 34.9. The predicted octanol–water partition coefficient (Wildman–Crippen LogP) is 13.2. The minimum absolute atomic E-state index is 0.0495. The van der Waals surface area contributed by atoms with Crippen LogP contribution in [0, 0.1) is 0 Å². The van der Waals surface area contributed by atoms with Gasteiger partial charge in [-0.05, 0) is 70.6 Å². The molecule has 4 heteroatoms. The van der Waals surface area contributed by atoms with Crippen LogP contribution in [-0.4, -0.2) is 23.1 Å². The Labute approximate surface area is 274 Å². The number of rotatable bonds is 35. The topological polar surface area (TPSA) is 63.6 Å². The number of carbonyl (C=O) groups is 2. The Balaban J connectivity index is 3.91. The lowest BCUT2D eigenvalue weighted by atomic mass is 10.0. The second-order valence-corrected chi connectivity index (χ2v) is 13.1. The summed E-state index contributed by atoms with van der Waals surface area (Å²) in [5.41, 5.74) is 0. The summed E-state index contributed by atoms with van der Waals surface area (Å²) in [5.74, 6) is -0.809. The summed E-state index contributed by atoms with van der Waals surface area (Å²) in [6.45, 7) is 4.52. The zero-order valence-electron chi connectivity index (χ0n) is 29.5.